The first-order chi connectivity index (χ1) is 16.6. The van der Waals surface area contributed by atoms with Gasteiger partial charge in [-0.2, -0.15) is 23.1 Å². The summed E-state index contributed by atoms with van der Waals surface area (Å²) in [5.74, 6) is -0.0447. The van der Waals surface area contributed by atoms with Gasteiger partial charge in [-0.1, -0.05) is 5.16 Å². The summed E-state index contributed by atoms with van der Waals surface area (Å²) in [6.45, 7) is 6.89. The van der Waals surface area contributed by atoms with Gasteiger partial charge in [-0.3, -0.25) is 0 Å². The number of hydrogen-bond acceptors (Lipinski definition) is 8. The van der Waals surface area contributed by atoms with Crippen LogP contribution >= 0.6 is 0 Å². The van der Waals surface area contributed by atoms with Gasteiger partial charge < -0.3 is 19.5 Å². The molecule has 2 bridgehead atoms. The van der Waals surface area contributed by atoms with Crippen LogP contribution in [-0.4, -0.2) is 44.0 Å². The van der Waals surface area contributed by atoms with Gasteiger partial charge in [0.05, 0.1) is 11.6 Å². The Kier molecular flexibility index (Phi) is 5.80. The van der Waals surface area contributed by atoms with Gasteiger partial charge in [0.25, 0.3) is 0 Å². The lowest BCUT2D eigenvalue weighted by molar-refractivity contribution is -0.137. The van der Waals surface area contributed by atoms with Gasteiger partial charge in [0.15, 0.2) is 17.4 Å². The number of hydrogen-bond donors (Lipinski definition) is 1. The molecule has 2 aromatic heterocycles. The molecule has 9 nitrogen and oxygen atoms in total. The van der Waals surface area contributed by atoms with Crippen LogP contribution in [0.3, 0.4) is 0 Å². The van der Waals surface area contributed by atoms with Gasteiger partial charge in [0, 0.05) is 19.1 Å². The highest BCUT2D eigenvalue weighted by Gasteiger charge is 2.44. The average Bonchev–Trinajstić information content (AvgIpc) is 3.45. The van der Waals surface area contributed by atoms with Crippen molar-refractivity contribution in [2.75, 3.05) is 23.3 Å². The Morgan fingerprint density at radius 2 is 1.86 bits per heavy atom. The SMILES string of the molecule is Cc1noc(N2C[C@H]3CC[C@@H](C2)[C@H]3Nc2nc(Oc3cc(C(F)(F)F)ccc3F)n(C(C)C)n2)n1. The number of anilines is 2. The average molecular weight is 495 g/mol. The van der Waals surface area contributed by atoms with Crippen LogP contribution in [0, 0.1) is 24.6 Å². The number of ether oxygens (including phenoxy) is 1. The van der Waals surface area contributed by atoms with E-state index in [1.54, 1.807) is 6.92 Å². The number of aryl methyl sites for hydroxylation is 1. The molecule has 1 aliphatic carbocycles. The number of aromatic nitrogens is 5. The maximum atomic E-state index is 14.3. The number of nitrogens with zero attached hydrogens (tertiary/aromatic N) is 6. The second-order valence-electron chi connectivity index (χ2n) is 9.30. The molecule has 0 unspecified atom stereocenters. The van der Waals surface area contributed by atoms with Crippen molar-refractivity contribution in [1.29, 1.82) is 0 Å². The van der Waals surface area contributed by atoms with Crippen molar-refractivity contribution in [2.24, 2.45) is 11.8 Å². The third kappa shape index (κ3) is 4.63. The summed E-state index contributed by atoms with van der Waals surface area (Å²) in [6, 6.07) is 2.31. The lowest BCUT2D eigenvalue weighted by Crippen LogP contribution is -2.48. The van der Waals surface area contributed by atoms with Crippen LogP contribution in [0.15, 0.2) is 22.7 Å². The predicted molar refractivity (Wildman–Crippen MR) is 117 cm³/mol. The summed E-state index contributed by atoms with van der Waals surface area (Å²) in [5.41, 5.74) is -1.01. The normalized spacial score (nSPS) is 22.2. The number of benzene rings is 1. The van der Waals surface area contributed by atoms with E-state index in [2.05, 4.69) is 30.4 Å². The maximum Gasteiger partial charge on any atom is 0.416 e. The van der Waals surface area contributed by atoms with Crippen molar-refractivity contribution in [3.8, 4) is 11.8 Å². The molecule has 188 valence electrons. The standard InChI is InChI=1S/C22H25F4N7O2/c1-11(2)33-21(34-17-8-15(22(24,25)26)6-7-16(17)23)29-19(30-33)28-18-13-4-5-14(18)10-32(9-13)20-27-12(3)31-35-20/h6-8,11,13-14,18H,4-5,9-10H2,1-3H3,(H,28,30)/t13-,14+,18+. The van der Waals surface area contributed by atoms with E-state index in [0.29, 0.717) is 24.0 Å². The molecule has 1 saturated carbocycles. The first kappa shape index (κ1) is 23.4. The molecule has 13 heteroatoms. The van der Waals surface area contributed by atoms with Gasteiger partial charge in [0.1, 0.15) is 0 Å². The van der Waals surface area contributed by atoms with Crippen LogP contribution in [0.25, 0.3) is 0 Å². The van der Waals surface area contributed by atoms with E-state index in [4.69, 9.17) is 9.26 Å². The Bertz CT molecular complexity index is 1190. The van der Waals surface area contributed by atoms with E-state index >= 15 is 0 Å². The number of nitrogens with one attached hydrogen (secondary N) is 1. The summed E-state index contributed by atoms with van der Waals surface area (Å²) in [6.07, 6.45) is -2.61. The summed E-state index contributed by atoms with van der Waals surface area (Å²) in [4.78, 5) is 10.8. The van der Waals surface area contributed by atoms with E-state index in [1.807, 2.05) is 13.8 Å². The fraction of sp³-hybridized carbons (Fsp3) is 0.545. The summed E-state index contributed by atoms with van der Waals surface area (Å²) >= 11 is 0. The molecule has 5 rings (SSSR count). The number of halogens is 4. The van der Waals surface area contributed by atoms with Crippen molar-refractivity contribution in [3.05, 3.63) is 35.4 Å². The highest BCUT2D eigenvalue weighted by Crippen LogP contribution is 2.40. The molecule has 2 fully saturated rings. The van der Waals surface area contributed by atoms with Crippen LogP contribution < -0.4 is 15.0 Å². The fourth-order valence-electron chi connectivity index (χ4n) is 4.81. The molecular weight excluding hydrogens is 470 g/mol. The first-order valence-corrected chi connectivity index (χ1v) is 11.4. The Hall–Kier alpha value is -3.38. The predicted octanol–water partition coefficient (Wildman–Crippen LogP) is 4.83. The highest BCUT2D eigenvalue weighted by atomic mass is 19.4. The van der Waals surface area contributed by atoms with E-state index < -0.39 is 23.3 Å². The molecule has 0 spiro atoms. The molecule has 2 aliphatic rings. The Morgan fingerprint density at radius 1 is 1.14 bits per heavy atom. The molecule has 1 aliphatic heterocycles. The highest BCUT2D eigenvalue weighted by molar-refractivity contribution is 5.37. The number of rotatable bonds is 6. The van der Waals surface area contributed by atoms with Gasteiger partial charge >= 0.3 is 18.2 Å². The molecule has 35 heavy (non-hydrogen) atoms. The lowest BCUT2D eigenvalue weighted by atomic mass is 9.92. The largest absolute Gasteiger partial charge is 0.421 e. The van der Waals surface area contributed by atoms with Crippen LogP contribution in [0.2, 0.25) is 0 Å². The van der Waals surface area contributed by atoms with E-state index in [9.17, 15) is 17.6 Å². The monoisotopic (exact) mass is 495 g/mol. The Morgan fingerprint density at radius 3 is 2.46 bits per heavy atom. The molecule has 1 aromatic carbocycles. The van der Waals surface area contributed by atoms with Crippen LogP contribution in [0.5, 0.6) is 11.8 Å². The summed E-state index contributed by atoms with van der Waals surface area (Å²) in [5, 5.41) is 11.7. The van der Waals surface area contributed by atoms with Crippen LogP contribution in [0.4, 0.5) is 29.5 Å². The van der Waals surface area contributed by atoms with Gasteiger partial charge in [-0.15, -0.1) is 5.10 Å². The van der Waals surface area contributed by atoms with E-state index in [0.717, 1.165) is 32.0 Å². The van der Waals surface area contributed by atoms with Gasteiger partial charge in [0.2, 0.25) is 5.95 Å². The Labute approximate surface area is 198 Å². The topological polar surface area (TPSA) is 94.1 Å². The quantitative estimate of drug-likeness (QED) is 0.486. The van der Waals surface area contributed by atoms with Crippen molar-refractivity contribution in [1.82, 2.24) is 24.9 Å². The minimum atomic E-state index is -4.63. The maximum absolute atomic E-state index is 14.3. The third-order valence-electron chi connectivity index (χ3n) is 6.47. The number of alkyl halides is 3. The van der Waals surface area contributed by atoms with E-state index in [-0.39, 0.29) is 35.9 Å². The molecule has 0 radical (unpaired) electrons. The number of piperidine rings is 1. The van der Waals surface area contributed by atoms with Crippen molar-refractivity contribution < 1.29 is 26.8 Å². The molecule has 1 saturated heterocycles. The minimum absolute atomic E-state index is 0.0909. The zero-order valence-electron chi connectivity index (χ0n) is 19.4. The smallest absolute Gasteiger partial charge is 0.416 e. The zero-order chi connectivity index (χ0) is 24.9. The van der Waals surface area contributed by atoms with E-state index in [1.165, 1.54) is 4.68 Å². The lowest BCUT2D eigenvalue weighted by Gasteiger charge is -2.37. The second kappa shape index (κ2) is 8.68. The summed E-state index contributed by atoms with van der Waals surface area (Å²) < 4.78 is 65.8. The van der Waals surface area contributed by atoms with Gasteiger partial charge in [-0.25, -0.2) is 9.07 Å². The molecule has 0 amide bonds. The second-order valence-corrected chi connectivity index (χ2v) is 9.30. The van der Waals surface area contributed by atoms with Gasteiger partial charge in [-0.05, 0) is 63.6 Å². The third-order valence-corrected chi connectivity index (χ3v) is 6.47. The molecule has 3 heterocycles. The first-order valence-electron chi connectivity index (χ1n) is 11.4. The molecule has 3 atom stereocenters. The minimum Gasteiger partial charge on any atom is -0.421 e. The molecule has 3 aromatic rings. The van der Waals surface area contributed by atoms with Crippen molar-refractivity contribution in [2.45, 2.75) is 51.9 Å². The number of fused-ring (bicyclic) bond motifs is 2. The molecular formula is C22H25F4N7O2. The zero-order valence-corrected chi connectivity index (χ0v) is 19.4. The Balaban J connectivity index is 1.35. The fourth-order valence-corrected chi connectivity index (χ4v) is 4.81. The van der Waals surface area contributed by atoms with Crippen LogP contribution in [0.1, 0.15) is 44.1 Å². The van der Waals surface area contributed by atoms with Crippen molar-refractivity contribution in [3.63, 3.8) is 0 Å². The van der Waals surface area contributed by atoms with Crippen LogP contribution in [-0.2, 0) is 6.18 Å². The summed E-state index contributed by atoms with van der Waals surface area (Å²) in [7, 11) is 0. The molecule has 1 N–H and O–H groups in total. The van der Waals surface area contributed by atoms with Crippen molar-refractivity contribution >= 4 is 12.0 Å².